The Balaban J connectivity index is 1.92. The molecular weight excluding hydrogens is 288 g/mol. The lowest BCUT2D eigenvalue weighted by Crippen LogP contribution is -2.45. The van der Waals surface area contributed by atoms with Crippen molar-refractivity contribution >= 4 is 17.5 Å². The highest BCUT2D eigenvalue weighted by Gasteiger charge is 2.25. The van der Waals surface area contributed by atoms with Crippen molar-refractivity contribution in [3.8, 4) is 11.3 Å². The summed E-state index contributed by atoms with van der Waals surface area (Å²) in [7, 11) is 0. The van der Waals surface area contributed by atoms with Gasteiger partial charge < -0.3 is 10.6 Å². The lowest BCUT2D eigenvalue weighted by Gasteiger charge is -2.30. The van der Waals surface area contributed by atoms with Gasteiger partial charge in [0, 0.05) is 29.7 Å². The Morgan fingerprint density at radius 3 is 3.00 bits per heavy atom. The van der Waals surface area contributed by atoms with Crippen LogP contribution < -0.4 is 5.73 Å². The first-order valence-electron chi connectivity index (χ1n) is 7.00. The number of hydrogen-bond acceptors (Lipinski definition) is 3. The van der Waals surface area contributed by atoms with Crippen molar-refractivity contribution in [1.29, 1.82) is 0 Å². The number of carbonyl (C=O) groups excluding carboxylic acids is 1. The zero-order valence-corrected chi connectivity index (χ0v) is 12.3. The summed E-state index contributed by atoms with van der Waals surface area (Å²) in [5.74, 6) is -0.0474. The van der Waals surface area contributed by atoms with E-state index in [4.69, 9.17) is 17.3 Å². The van der Waals surface area contributed by atoms with Gasteiger partial charge in [0.15, 0.2) is 0 Å². The van der Waals surface area contributed by atoms with Gasteiger partial charge in [-0.05, 0) is 18.9 Å². The SMILES string of the molecule is NC1CCCN(C(=O)c2cn[nH]c2-c2ccccc2Cl)C1. The highest BCUT2D eigenvalue weighted by Crippen LogP contribution is 2.29. The average molecular weight is 305 g/mol. The molecule has 2 heterocycles. The Morgan fingerprint density at radius 2 is 2.24 bits per heavy atom. The summed E-state index contributed by atoms with van der Waals surface area (Å²) in [6.07, 6.45) is 3.46. The molecule has 1 aliphatic rings. The minimum absolute atomic E-state index is 0.0474. The van der Waals surface area contributed by atoms with E-state index in [1.54, 1.807) is 17.2 Å². The second-order valence-electron chi connectivity index (χ2n) is 5.29. The van der Waals surface area contributed by atoms with E-state index in [9.17, 15) is 4.79 Å². The summed E-state index contributed by atoms with van der Waals surface area (Å²) in [5.41, 5.74) is 7.93. The van der Waals surface area contributed by atoms with Crippen molar-refractivity contribution in [3.05, 3.63) is 41.0 Å². The third-order valence-corrected chi connectivity index (χ3v) is 4.09. The molecule has 0 spiro atoms. The molecule has 0 aliphatic carbocycles. The lowest BCUT2D eigenvalue weighted by atomic mass is 10.0. The number of likely N-dealkylation sites (tertiary alicyclic amines) is 1. The number of aromatic amines is 1. The summed E-state index contributed by atoms with van der Waals surface area (Å²) in [5, 5.41) is 7.48. The number of nitrogens with two attached hydrogens (primary N) is 1. The topological polar surface area (TPSA) is 75.0 Å². The fourth-order valence-corrected chi connectivity index (χ4v) is 2.91. The number of benzene rings is 1. The maximum atomic E-state index is 12.7. The fraction of sp³-hybridized carbons (Fsp3) is 0.333. The fourth-order valence-electron chi connectivity index (χ4n) is 2.68. The maximum Gasteiger partial charge on any atom is 0.257 e. The Morgan fingerprint density at radius 1 is 1.43 bits per heavy atom. The molecule has 0 radical (unpaired) electrons. The number of aromatic nitrogens is 2. The van der Waals surface area contributed by atoms with Crippen LogP contribution in [0, 0.1) is 0 Å². The molecule has 1 saturated heterocycles. The van der Waals surface area contributed by atoms with E-state index >= 15 is 0 Å². The zero-order valence-electron chi connectivity index (χ0n) is 11.6. The van der Waals surface area contributed by atoms with Crippen molar-refractivity contribution in [3.63, 3.8) is 0 Å². The standard InChI is InChI=1S/C15H17ClN4O/c16-13-6-2-1-5-11(13)14-12(8-18-19-14)15(21)20-7-3-4-10(17)9-20/h1-2,5-6,8,10H,3-4,7,9,17H2,(H,18,19). The van der Waals surface area contributed by atoms with E-state index < -0.39 is 0 Å². The normalized spacial score (nSPS) is 18.8. The first-order valence-corrected chi connectivity index (χ1v) is 7.37. The van der Waals surface area contributed by atoms with Gasteiger partial charge in [0.2, 0.25) is 0 Å². The van der Waals surface area contributed by atoms with Crippen molar-refractivity contribution in [2.45, 2.75) is 18.9 Å². The van der Waals surface area contributed by atoms with Gasteiger partial charge >= 0.3 is 0 Å². The predicted molar refractivity (Wildman–Crippen MR) is 82.1 cm³/mol. The van der Waals surface area contributed by atoms with Crippen LogP contribution in [-0.2, 0) is 0 Å². The first kappa shape index (κ1) is 14.1. The van der Waals surface area contributed by atoms with Crippen LogP contribution in [0.15, 0.2) is 30.5 Å². The summed E-state index contributed by atoms with van der Waals surface area (Å²) in [6, 6.07) is 7.45. The molecule has 0 bridgehead atoms. The number of nitrogens with one attached hydrogen (secondary N) is 1. The van der Waals surface area contributed by atoms with Gasteiger partial charge in [-0.25, -0.2) is 0 Å². The van der Waals surface area contributed by atoms with E-state index in [-0.39, 0.29) is 11.9 Å². The summed E-state index contributed by atoms with van der Waals surface area (Å²) >= 11 is 6.21. The Kier molecular flexibility index (Phi) is 3.94. The molecule has 1 aromatic carbocycles. The Bertz CT molecular complexity index is 655. The number of amides is 1. The van der Waals surface area contributed by atoms with Crippen LogP contribution in [0.25, 0.3) is 11.3 Å². The quantitative estimate of drug-likeness (QED) is 0.894. The van der Waals surface area contributed by atoms with E-state index in [0.29, 0.717) is 22.8 Å². The maximum absolute atomic E-state index is 12.7. The highest BCUT2D eigenvalue weighted by atomic mass is 35.5. The van der Waals surface area contributed by atoms with Crippen LogP contribution in [0.5, 0.6) is 0 Å². The van der Waals surface area contributed by atoms with Gasteiger partial charge in [-0.15, -0.1) is 0 Å². The number of piperidine rings is 1. The van der Waals surface area contributed by atoms with Crippen LogP contribution in [0.2, 0.25) is 5.02 Å². The zero-order chi connectivity index (χ0) is 14.8. The molecule has 1 fully saturated rings. The van der Waals surface area contributed by atoms with E-state index in [1.165, 1.54) is 0 Å². The van der Waals surface area contributed by atoms with Crippen molar-refractivity contribution in [2.75, 3.05) is 13.1 Å². The molecule has 3 N–H and O–H groups in total. The van der Waals surface area contributed by atoms with Gasteiger partial charge in [-0.2, -0.15) is 5.10 Å². The van der Waals surface area contributed by atoms with E-state index in [0.717, 1.165) is 24.9 Å². The van der Waals surface area contributed by atoms with Crippen LogP contribution in [-0.4, -0.2) is 40.1 Å². The predicted octanol–water partition coefficient (Wildman–Crippen LogP) is 2.29. The van der Waals surface area contributed by atoms with Crippen molar-refractivity contribution in [2.24, 2.45) is 5.73 Å². The molecule has 5 nitrogen and oxygen atoms in total. The number of rotatable bonds is 2. The molecule has 6 heteroatoms. The van der Waals surface area contributed by atoms with E-state index in [2.05, 4.69) is 10.2 Å². The summed E-state index contributed by atoms with van der Waals surface area (Å²) in [6.45, 7) is 1.33. The third kappa shape index (κ3) is 2.80. The molecule has 1 amide bonds. The largest absolute Gasteiger partial charge is 0.337 e. The molecular formula is C15H17ClN4O. The van der Waals surface area contributed by atoms with Crippen molar-refractivity contribution in [1.82, 2.24) is 15.1 Å². The molecule has 21 heavy (non-hydrogen) atoms. The minimum Gasteiger partial charge on any atom is -0.337 e. The minimum atomic E-state index is -0.0474. The molecule has 1 unspecified atom stereocenters. The third-order valence-electron chi connectivity index (χ3n) is 3.76. The van der Waals surface area contributed by atoms with E-state index in [1.807, 2.05) is 18.2 Å². The smallest absolute Gasteiger partial charge is 0.257 e. The van der Waals surface area contributed by atoms with Crippen LogP contribution in [0.3, 0.4) is 0 Å². The molecule has 0 saturated carbocycles. The molecule has 1 aromatic heterocycles. The Hall–Kier alpha value is -1.85. The number of nitrogens with zero attached hydrogens (tertiary/aromatic N) is 2. The van der Waals surface area contributed by atoms with Crippen LogP contribution in [0.1, 0.15) is 23.2 Å². The number of carbonyl (C=O) groups is 1. The number of hydrogen-bond donors (Lipinski definition) is 2. The molecule has 2 aromatic rings. The van der Waals surface area contributed by atoms with Gasteiger partial charge in [-0.3, -0.25) is 9.89 Å². The number of halogens is 1. The van der Waals surface area contributed by atoms with Crippen molar-refractivity contribution < 1.29 is 4.79 Å². The second-order valence-corrected chi connectivity index (χ2v) is 5.70. The van der Waals surface area contributed by atoms with Gasteiger partial charge in [0.05, 0.1) is 17.5 Å². The lowest BCUT2D eigenvalue weighted by molar-refractivity contribution is 0.0709. The van der Waals surface area contributed by atoms with Gasteiger partial charge in [0.1, 0.15) is 0 Å². The second kappa shape index (κ2) is 5.87. The average Bonchev–Trinajstić information content (AvgIpc) is 2.96. The molecule has 1 atom stereocenters. The summed E-state index contributed by atoms with van der Waals surface area (Å²) in [4.78, 5) is 14.5. The molecule has 3 rings (SSSR count). The first-order chi connectivity index (χ1) is 10.2. The number of H-pyrrole nitrogens is 1. The van der Waals surface area contributed by atoms with Gasteiger partial charge in [0.25, 0.3) is 5.91 Å². The highest BCUT2D eigenvalue weighted by molar-refractivity contribution is 6.33. The summed E-state index contributed by atoms with van der Waals surface area (Å²) < 4.78 is 0. The molecule has 110 valence electrons. The Labute approximate surface area is 128 Å². The monoisotopic (exact) mass is 304 g/mol. The van der Waals surface area contributed by atoms with Gasteiger partial charge in [-0.1, -0.05) is 29.8 Å². The van der Waals surface area contributed by atoms with Crippen LogP contribution in [0.4, 0.5) is 0 Å². The molecule has 1 aliphatic heterocycles. The van der Waals surface area contributed by atoms with Crippen LogP contribution >= 0.6 is 11.6 Å².